The first kappa shape index (κ1) is 27.4. The van der Waals surface area contributed by atoms with Gasteiger partial charge in [-0.25, -0.2) is 0 Å². The average molecular weight is 537 g/mol. The summed E-state index contributed by atoms with van der Waals surface area (Å²) in [7, 11) is 1.54. The molecule has 2 aliphatic heterocycles. The van der Waals surface area contributed by atoms with Crippen molar-refractivity contribution in [2.75, 3.05) is 20.1 Å². The Kier molecular flexibility index (Phi) is 8.83. The molecule has 9 nitrogen and oxygen atoms in total. The van der Waals surface area contributed by atoms with Crippen LogP contribution in [0.5, 0.6) is 0 Å². The van der Waals surface area contributed by atoms with Gasteiger partial charge in [-0.15, -0.1) is 0 Å². The highest BCUT2D eigenvalue weighted by atomic mass is 32.1. The van der Waals surface area contributed by atoms with Gasteiger partial charge in [-0.2, -0.15) is 12.6 Å². The van der Waals surface area contributed by atoms with Crippen LogP contribution in [0.1, 0.15) is 52.0 Å². The lowest BCUT2D eigenvalue weighted by Gasteiger charge is -2.27. The molecule has 5 amide bonds. The van der Waals surface area contributed by atoms with Crippen LogP contribution in [0.25, 0.3) is 0 Å². The highest BCUT2D eigenvalue weighted by Gasteiger charge is 2.40. The summed E-state index contributed by atoms with van der Waals surface area (Å²) in [6.07, 6.45) is 2.34. The number of nitrogens with one attached hydrogen (secondary N) is 2. The number of thiol groups is 1. The number of imide groups is 1. The van der Waals surface area contributed by atoms with Crippen molar-refractivity contribution in [1.82, 2.24) is 20.4 Å². The first-order valence-corrected chi connectivity index (χ1v) is 13.3. The van der Waals surface area contributed by atoms with E-state index < -0.39 is 17.3 Å². The molecule has 0 bridgehead atoms. The largest absolute Gasteiger partial charge is 0.357 e. The topological polar surface area (TPSA) is 116 Å². The Morgan fingerprint density at radius 2 is 1.58 bits per heavy atom. The first-order valence-electron chi connectivity index (χ1n) is 12.8. The maximum Gasteiger partial charge on any atom is 0.261 e. The van der Waals surface area contributed by atoms with Gasteiger partial charge in [0.05, 0.1) is 16.4 Å². The van der Waals surface area contributed by atoms with Crippen molar-refractivity contribution in [3.63, 3.8) is 0 Å². The van der Waals surface area contributed by atoms with Crippen LogP contribution >= 0.6 is 12.6 Å². The minimum absolute atomic E-state index is 0.251. The van der Waals surface area contributed by atoms with E-state index >= 15 is 0 Å². The standard InChI is InChI=1S/C28H32N4O5S/c1-29-24(33)22(17-18-9-3-2-4-10-18)31-16-14-21(28(31)37)30-25(34)23(38)13-7-8-15-32-26(35)19-11-5-6-12-20(19)27(32)36/h2-6,9-12,21-23,38H,7-8,13-17H2,1H3,(H,29,33)(H,30,34)/t21?,22-,23-/m0/s1. The van der Waals surface area contributed by atoms with Crippen LogP contribution in [0.4, 0.5) is 0 Å². The fourth-order valence-electron chi connectivity index (χ4n) is 4.94. The fourth-order valence-corrected chi connectivity index (χ4v) is 5.20. The monoisotopic (exact) mass is 536 g/mol. The average Bonchev–Trinajstić information content (AvgIpc) is 3.41. The maximum absolute atomic E-state index is 13.1. The molecule has 0 aromatic heterocycles. The molecule has 3 atom stereocenters. The number of carbonyl (C=O) groups excluding carboxylic acids is 5. The highest BCUT2D eigenvalue weighted by Crippen LogP contribution is 2.23. The van der Waals surface area contributed by atoms with E-state index in [2.05, 4.69) is 23.3 Å². The van der Waals surface area contributed by atoms with Crippen LogP contribution in [-0.2, 0) is 20.8 Å². The van der Waals surface area contributed by atoms with E-state index in [4.69, 9.17) is 0 Å². The van der Waals surface area contributed by atoms with Gasteiger partial charge < -0.3 is 15.5 Å². The molecule has 2 aromatic carbocycles. The second kappa shape index (κ2) is 12.3. The van der Waals surface area contributed by atoms with Gasteiger partial charge >= 0.3 is 0 Å². The smallest absolute Gasteiger partial charge is 0.261 e. The summed E-state index contributed by atoms with van der Waals surface area (Å²) in [5, 5.41) is 4.78. The Hall–Kier alpha value is -3.66. The Balaban J connectivity index is 1.24. The summed E-state index contributed by atoms with van der Waals surface area (Å²) in [6.45, 7) is 0.638. The summed E-state index contributed by atoms with van der Waals surface area (Å²) < 4.78 is 0. The van der Waals surface area contributed by atoms with Crippen LogP contribution in [0.2, 0.25) is 0 Å². The third-order valence-corrected chi connectivity index (χ3v) is 7.54. The van der Waals surface area contributed by atoms with E-state index in [1.807, 2.05) is 30.3 Å². The van der Waals surface area contributed by atoms with Crippen LogP contribution in [0.3, 0.4) is 0 Å². The van der Waals surface area contributed by atoms with Crippen LogP contribution in [0.15, 0.2) is 54.6 Å². The number of hydrogen-bond acceptors (Lipinski definition) is 6. The van der Waals surface area contributed by atoms with Gasteiger partial charge in [0.15, 0.2) is 0 Å². The zero-order valence-electron chi connectivity index (χ0n) is 21.3. The molecule has 38 heavy (non-hydrogen) atoms. The molecule has 10 heteroatoms. The third-order valence-electron chi connectivity index (χ3n) is 7.04. The number of rotatable bonds is 11. The lowest BCUT2D eigenvalue weighted by Crippen LogP contribution is -2.51. The molecule has 1 saturated heterocycles. The summed E-state index contributed by atoms with van der Waals surface area (Å²) >= 11 is 4.41. The van der Waals surface area contributed by atoms with E-state index in [9.17, 15) is 24.0 Å². The Bertz CT molecular complexity index is 1190. The molecular formula is C28H32N4O5S. The van der Waals surface area contributed by atoms with Gasteiger partial charge in [0.25, 0.3) is 11.8 Å². The number of carbonyl (C=O) groups is 5. The fraction of sp³-hybridized carbons (Fsp3) is 0.393. The van der Waals surface area contributed by atoms with Gasteiger partial charge in [-0.3, -0.25) is 28.9 Å². The quantitative estimate of drug-likeness (QED) is 0.230. The summed E-state index contributed by atoms with van der Waals surface area (Å²) in [4.78, 5) is 66.2. The number of likely N-dealkylation sites (tertiary alicyclic amines) is 1. The van der Waals surface area contributed by atoms with Crippen LogP contribution in [0, 0.1) is 0 Å². The molecule has 1 fully saturated rings. The predicted molar refractivity (Wildman–Crippen MR) is 145 cm³/mol. The SMILES string of the molecule is CNC(=O)[C@H](Cc1ccccc1)N1CCC(NC(=O)[C@@H](S)CCCCN2C(=O)c3ccccc3C2=O)C1=O. The molecule has 0 spiro atoms. The number of benzene rings is 2. The molecule has 4 rings (SSSR count). The van der Waals surface area contributed by atoms with Gasteiger partial charge in [0.2, 0.25) is 17.7 Å². The molecule has 0 radical (unpaired) electrons. The third kappa shape index (κ3) is 5.91. The second-order valence-electron chi connectivity index (χ2n) is 9.52. The number of amides is 5. The maximum atomic E-state index is 13.1. The lowest BCUT2D eigenvalue weighted by molar-refractivity contribution is -0.139. The van der Waals surface area contributed by atoms with E-state index in [1.54, 1.807) is 31.3 Å². The van der Waals surface area contributed by atoms with Crippen molar-refractivity contribution in [2.24, 2.45) is 0 Å². The molecule has 2 aromatic rings. The summed E-state index contributed by atoms with van der Waals surface area (Å²) in [5.74, 6) is -1.48. The van der Waals surface area contributed by atoms with Crippen molar-refractivity contribution in [2.45, 2.75) is 49.4 Å². The highest BCUT2D eigenvalue weighted by molar-refractivity contribution is 7.81. The Labute approximate surface area is 227 Å². The van der Waals surface area contributed by atoms with E-state index in [1.165, 1.54) is 9.80 Å². The van der Waals surface area contributed by atoms with Crippen molar-refractivity contribution in [3.05, 3.63) is 71.3 Å². The molecule has 0 aliphatic carbocycles. The number of unbranched alkanes of at least 4 members (excludes halogenated alkanes) is 1. The molecule has 200 valence electrons. The van der Waals surface area contributed by atoms with Crippen LogP contribution in [-0.4, -0.2) is 76.8 Å². The van der Waals surface area contributed by atoms with Crippen molar-refractivity contribution >= 4 is 42.2 Å². The van der Waals surface area contributed by atoms with E-state index in [0.717, 1.165) is 5.56 Å². The van der Waals surface area contributed by atoms with Gasteiger partial charge in [-0.1, -0.05) is 48.9 Å². The van der Waals surface area contributed by atoms with Crippen LogP contribution < -0.4 is 10.6 Å². The normalized spacial score (nSPS) is 18.4. The Morgan fingerprint density at radius 3 is 2.21 bits per heavy atom. The number of fused-ring (bicyclic) bond motifs is 1. The molecule has 0 saturated carbocycles. The summed E-state index contributed by atoms with van der Waals surface area (Å²) in [6, 6.07) is 14.9. The molecule has 2 N–H and O–H groups in total. The van der Waals surface area contributed by atoms with Gasteiger partial charge in [-0.05, 0) is 37.0 Å². The second-order valence-corrected chi connectivity index (χ2v) is 10.1. The van der Waals surface area contributed by atoms with Gasteiger partial charge in [0, 0.05) is 26.6 Å². The number of nitrogens with zero attached hydrogens (tertiary/aromatic N) is 2. The van der Waals surface area contributed by atoms with Crippen molar-refractivity contribution in [3.8, 4) is 0 Å². The molecule has 2 aliphatic rings. The van der Waals surface area contributed by atoms with Crippen molar-refractivity contribution in [1.29, 1.82) is 0 Å². The minimum atomic E-state index is -0.710. The lowest BCUT2D eigenvalue weighted by atomic mass is 10.0. The predicted octanol–water partition coefficient (Wildman–Crippen LogP) is 1.83. The number of likely N-dealkylation sites (N-methyl/N-ethyl adjacent to an activating group) is 1. The van der Waals surface area contributed by atoms with E-state index in [-0.39, 0.29) is 36.1 Å². The molecule has 1 unspecified atom stereocenters. The molecular weight excluding hydrogens is 504 g/mol. The van der Waals surface area contributed by atoms with Crippen molar-refractivity contribution < 1.29 is 24.0 Å². The zero-order valence-corrected chi connectivity index (χ0v) is 22.2. The first-order chi connectivity index (χ1) is 18.3. The van der Waals surface area contributed by atoms with E-state index in [0.29, 0.717) is 49.8 Å². The minimum Gasteiger partial charge on any atom is -0.357 e. The zero-order chi connectivity index (χ0) is 27.2. The summed E-state index contributed by atoms with van der Waals surface area (Å²) in [5.41, 5.74) is 1.78. The number of hydrogen-bond donors (Lipinski definition) is 3. The van der Waals surface area contributed by atoms with Gasteiger partial charge in [0.1, 0.15) is 12.1 Å². The Morgan fingerprint density at radius 1 is 0.947 bits per heavy atom. The molecule has 2 heterocycles.